The molecule has 0 radical (unpaired) electrons. The number of Topliss-reactive ketones (excluding diaryl/α,β-unsaturated/α-hetero) is 1. The van der Waals surface area contributed by atoms with Crippen molar-refractivity contribution in [2.75, 3.05) is 80.1 Å². The highest BCUT2D eigenvalue weighted by Crippen LogP contribution is 2.45. The van der Waals surface area contributed by atoms with Crippen LogP contribution in [0.5, 0.6) is 5.75 Å². The third-order valence-corrected chi connectivity index (χ3v) is 16.5. The van der Waals surface area contributed by atoms with E-state index >= 15 is 0 Å². The number of esters is 2. The molecule has 6 N–H and O–H groups in total. The van der Waals surface area contributed by atoms with Gasteiger partial charge in [-0.25, -0.2) is 4.79 Å². The topological polar surface area (TPSA) is 340 Å². The van der Waals surface area contributed by atoms with Crippen molar-refractivity contribution in [3.63, 3.8) is 0 Å². The van der Waals surface area contributed by atoms with Crippen molar-refractivity contribution >= 4 is 76.6 Å². The third-order valence-electron chi connectivity index (χ3n) is 16.2. The molecule has 8 amide bonds. The maximum atomic E-state index is 14.1. The zero-order valence-electron chi connectivity index (χ0n) is 56.3. The number of methoxy groups -OCH3 is 2. The number of imide groups is 1. The van der Waals surface area contributed by atoms with Crippen molar-refractivity contribution in [2.45, 2.75) is 175 Å². The summed E-state index contributed by atoms with van der Waals surface area (Å²) in [6, 6.07) is 9.15. The Balaban J connectivity index is 1.22. The van der Waals surface area contributed by atoms with E-state index in [4.69, 9.17) is 49.5 Å². The number of rotatable bonds is 38. The molecule has 2 saturated heterocycles. The van der Waals surface area contributed by atoms with Gasteiger partial charge in [0, 0.05) is 77.6 Å². The molecule has 95 heavy (non-hydrogen) atoms. The lowest BCUT2D eigenvalue weighted by Gasteiger charge is -2.29. The first-order valence-electron chi connectivity index (χ1n) is 32.7. The van der Waals surface area contributed by atoms with Crippen molar-refractivity contribution in [3.05, 3.63) is 76.3 Å². The number of hydrogen-bond acceptors (Lipinski definition) is 19. The molecule has 2 fully saturated rings. The Labute approximate surface area is 561 Å². The van der Waals surface area contributed by atoms with Crippen LogP contribution in [0.25, 0.3) is 0 Å². The van der Waals surface area contributed by atoms with E-state index in [2.05, 4.69) is 31.9 Å². The Morgan fingerprint density at radius 2 is 1.41 bits per heavy atom. The molecule has 3 aliphatic heterocycles. The molecule has 0 aromatic heterocycles. The summed E-state index contributed by atoms with van der Waals surface area (Å²) < 4.78 is 44.9. The molecule has 5 rings (SSSR count). The van der Waals surface area contributed by atoms with Gasteiger partial charge in [0.05, 0.1) is 76.4 Å². The molecule has 3 aliphatic rings. The van der Waals surface area contributed by atoms with Crippen LogP contribution in [0.2, 0.25) is 5.02 Å². The fourth-order valence-electron chi connectivity index (χ4n) is 10.4. The molecule has 0 saturated carbocycles. The third kappa shape index (κ3) is 27.4. The average Bonchev–Trinajstić information content (AvgIpc) is 1.64. The predicted molar refractivity (Wildman–Crippen MR) is 348 cm³/mol. The Kier molecular flexibility index (Phi) is 33.2. The van der Waals surface area contributed by atoms with Crippen LogP contribution >= 0.6 is 11.6 Å². The van der Waals surface area contributed by atoms with Gasteiger partial charge in [-0.05, 0) is 92.7 Å². The highest BCUT2D eigenvalue weighted by Gasteiger charge is 2.48. The van der Waals surface area contributed by atoms with Gasteiger partial charge in [0.25, 0.3) is 0 Å². The molecule has 526 valence electrons. The average molecular weight is 1350 g/mol. The van der Waals surface area contributed by atoms with Gasteiger partial charge in [-0.15, -0.1) is 0 Å². The van der Waals surface area contributed by atoms with Crippen LogP contribution in [0.15, 0.2) is 54.6 Å². The molecule has 26 nitrogen and oxygen atoms in total. The van der Waals surface area contributed by atoms with E-state index in [-0.39, 0.29) is 108 Å². The molecule has 8 atom stereocenters. The fraction of sp³-hybridized carbons (Fsp3) is 0.632. The SMILES string of the molecule is COCCOCCOCCOCCC(=O)NCCCC[C@H](NC(=O)[C@@H](NC(=O)CCCC(=O)CN1C(=O)CCC1=O)C(C)C)C(=O)NCc1ccc([C@H]2O[C@@H]2[C@@H](C)[C@@H]2C/C=C/C(=O)N[C@H](Cc3ccc(OC)c(Cl)c3)C(=O)NCC(C)(C)C(=O)O[C@@H](CC(C)C)C(=O)O2)cc1. The van der Waals surface area contributed by atoms with Crippen LogP contribution in [0.1, 0.15) is 142 Å². The predicted octanol–water partition coefficient (Wildman–Crippen LogP) is 4.63. The molecule has 27 heteroatoms. The largest absolute Gasteiger partial charge is 0.495 e. The summed E-state index contributed by atoms with van der Waals surface area (Å²) in [5.74, 6) is -6.21. The maximum absolute atomic E-state index is 14.1. The van der Waals surface area contributed by atoms with Crippen molar-refractivity contribution in [1.82, 2.24) is 36.8 Å². The van der Waals surface area contributed by atoms with E-state index in [1.165, 1.54) is 13.2 Å². The summed E-state index contributed by atoms with van der Waals surface area (Å²) in [4.78, 5) is 147. The molecule has 0 spiro atoms. The number of ether oxygens (including phenoxy) is 8. The van der Waals surface area contributed by atoms with Crippen LogP contribution in [0.4, 0.5) is 0 Å². The van der Waals surface area contributed by atoms with Gasteiger partial charge in [0.15, 0.2) is 11.9 Å². The second kappa shape index (κ2) is 40.3. The lowest BCUT2D eigenvalue weighted by atomic mass is 9.92. The van der Waals surface area contributed by atoms with Gasteiger partial charge in [-0.3, -0.25) is 52.8 Å². The number of nitrogens with one attached hydrogen (secondary N) is 6. The normalized spacial score (nSPS) is 20.6. The summed E-state index contributed by atoms with van der Waals surface area (Å²) in [7, 11) is 3.07. The number of benzene rings is 2. The first kappa shape index (κ1) is 78.3. The number of amides is 8. The van der Waals surface area contributed by atoms with Gasteiger partial charge in [-0.2, -0.15) is 0 Å². The first-order valence-corrected chi connectivity index (χ1v) is 33.1. The van der Waals surface area contributed by atoms with Crippen molar-refractivity contribution in [3.8, 4) is 5.75 Å². The number of carbonyl (C=O) groups is 11. The smallest absolute Gasteiger partial charge is 0.347 e. The van der Waals surface area contributed by atoms with Crippen LogP contribution in [-0.4, -0.2) is 186 Å². The van der Waals surface area contributed by atoms with Crippen molar-refractivity contribution < 1.29 is 90.6 Å². The van der Waals surface area contributed by atoms with Gasteiger partial charge >= 0.3 is 11.9 Å². The Morgan fingerprint density at radius 1 is 0.747 bits per heavy atom. The van der Waals surface area contributed by atoms with Gasteiger partial charge < -0.3 is 69.8 Å². The molecule has 3 heterocycles. The van der Waals surface area contributed by atoms with Gasteiger partial charge in [0.2, 0.25) is 47.3 Å². The number of cyclic esters (lactones) is 2. The number of carbonyl (C=O) groups excluding carboxylic acids is 11. The zero-order chi connectivity index (χ0) is 69.6. The quantitative estimate of drug-likeness (QED) is 0.0231. The second-order valence-corrected chi connectivity index (χ2v) is 25.8. The van der Waals surface area contributed by atoms with E-state index in [1.54, 1.807) is 59.1 Å². The van der Waals surface area contributed by atoms with E-state index in [1.807, 2.05) is 45.0 Å². The van der Waals surface area contributed by atoms with E-state index < -0.39 is 113 Å². The Morgan fingerprint density at radius 3 is 2.05 bits per heavy atom. The summed E-state index contributed by atoms with van der Waals surface area (Å²) in [5, 5.41) is 17.2. The number of nitrogens with zero attached hydrogens (tertiary/aromatic N) is 1. The highest BCUT2D eigenvalue weighted by molar-refractivity contribution is 6.32. The number of ketones is 1. The van der Waals surface area contributed by atoms with Gasteiger partial charge in [-0.1, -0.05) is 82.6 Å². The second-order valence-electron chi connectivity index (χ2n) is 25.4. The molecular formula is C68H98ClN7O19. The van der Waals surface area contributed by atoms with E-state index in [0.717, 1.165) is 10.5 Å². The lowest BCUT2D eigenvalue weighted by Crippen LogP contribution is -2.55. The van der Waals surface area contributed by atoms with Crippen molar-refractivity contribution in [2.24, 2.45) is 23.2 Å². The summed E-state index contributed by atoms with van der Waals surface area (Å²) in [6.07, 6.45) is 1.28. The Hall–Kier alpha value is -7.36. The van der Waals surface area contributed by atoms with Crippen LogP contribution in [-0.2, 0) is 98.9 Å². The zero-order valence-corrected chi connectivity index (χ0v) is 57.1. The van der Waals surface area contributed by atoms with Crippen LogP contribution in [0, 0.1) is 23.2 Å². The number of epoxide rings is 1. The van der Waals surface area contributed by atoms with Crippen LogP contribution in [0.3, 0.4) is 0 Å². The molecule has 2 aromatic rings. The molecule has 2 aromatic carbocycles. The summed E-state index contributed by atoms with van der Waals surface area (Å²) in [5.41, 5.74) is 0.828. The van der Waals surface area contributed by atoms with E-state index in [9.17, 15) is 52.7 Å². The number of hydrogen-bond donors (Lipinski definition) is 6. The number of halogens is 1. The fourth-order valence-corrected chi connectivity index (χ4v) is 10.7. The summed E-state index contributed by atoms with van der Waals surface area (Å²) >= 11 is 6.40. The lowest BCUT2D eigenvalue weighted by molar-refractivity contribution is -0.179. The van der Waals surface area contributed by atoms with Crippen molar-refractivity contribution in [1.29, 1.82) is 0 Å². The molecule has 0 aliphatic carbocycles. The summed E-state index contributed by atoms with van der Waals surface area (Å²) in [6.45, 7) is 14.7. The monoisotopic (exact) mass is 1350 g/mol. The minimum Gasteiger partial charge on any atom is -0.495 e. The number of unbranched alkanes of at least 4 members (excludes halogenated alkanes) is 1. The van der Waals surface area contributed by atoms with Crippen LogP contribution < -0.4 is 36.6 Å². The first-order chi connectivity index (χ1) is 45.3. The highest BCUT2D eigenvalue weighted by atomic mass is 35.5. The minimum atomic E-state index is -1.31. The molecule has 0 bridgehead atoms. The maximum Gasteiger partial charge on any atom is 0.347 e. The molecular weight excluding hydrogens is 1250 g/mol. The minimum absolute atomic E-state index is 0.0515. The standard InChI is InChI=1S/C68H98ClN7O19/c1-42(2)36-54-66(86)93-52(16-13-18-56(79)73-51(38-46-21-24-53(89-9)49(69)37-46)64(84)72-41-68(6,7)67(87)94-54)44(5)61-62(95-61)47-22-19-45(20-23-47)39-71-63(83)50(15-10-11-28-70-55(78)27-29-90-32-33-92-35-34-91-31-30-88-8)74-65(85)60(43(3)4)75-57(80)17-12-14-48(77)40-76-58(81)25-26-59(76)82/h13,18-24,37,42-44,50-52,54,60-62H,10-12,14-17,25-36,38-41H2,1-9H3,(H,70,78)(H,71,83)(H,72,84)(H,73,79)(H,74,85)(H,75,80)/b18-13+/t44-,50-,51+,52-,54-,60-,61+,62+/m0/s1. The molecule has 0 unspecified atom stereocenters. The van der Waals surface area contributed by atoms with E-state index in [0.29, 0.717) is 80.9 Å². The number of likely N-dealkylation sites (tertiary alicyclic amines) is 1. The Bertz CT molecular complexity index is 2930. The van der Waals surface area contributed by atoms with Gasteiger partial charge in [0.1, 0.15) is 36.1 Å².